The van der Waals surface area contributed by atoms with Crippen LogP contribution in [-0.2, 0) is 0 Å². The number of hydrogen-bond donors (Lipinski definition) is 0. The molecule has 0 aliphatic heterocycles. The average molecular weight is 284 g/mol. The van der Waals surface area contributed by atoms with E-state index in [0.29, 0.717) is 22.6 Å². The van der Waals surface area contributed by atoms with E-state index < -0.39 is 0 Å². The number of hydrogen-bond acceptors (Lipinski definition) is 3. The molecule has 0 atom stereocenters. The molecule has 21 heavy (non-hydrogen) atoms. The van der Waals surface area contributed by atoms with Gasteiger partial charge in [-0.25, -0.2) is 0 Å². The van der Waals surface area contributed by atoms with E-state index in [4.69, 9.17) is 4.74 Å². The third-order valence-electron chi connectivity index (χ3n) is 2.76. The smallest absolute Gasteiger partial charge is 0.159 e. The first-order chi connectivity index (χ1) is 10.1. The molecule has 0 N–H and O–H groups in total. The van der Waals surface area contributed by atoms with Crippen molar-refractivity contribution in [1.29, 1.82) is 0 Å². The van der Waals surface area contributed by atoms with Crippen LogP contribution in [0.1, 0.15) is 48.4 Å². The molecule has 2 aromatic rings. The molecule has 2 aromatic carbocycles. The largest absolute Gasteiger partial charge is 0.457 e. The second-order valence-corrected chi connectivity index (χ2v) is 4.26. The monoisotopic (exact) mass is 284 g/mol. The Balaban J connectivity index is 0.00000106. The minimum Gasteiger partial charge on any atom is -0.457 e. The third-order valence-corrected chi connectivity index (χ3v) is 2.76. The lowest BCUT2D eigenvalue weighted by Crippen LogP contribution is -1.93. The molecule has 3 heteroatoms. The molecule has 0 unspecified atom stereocenters. The lowest BCUT2D eigenvalue weighted by Gasteiger charge is -2.06. The van der Waals surface area contributed by atoms with Crippen LogP contribution in [0.15, 0.2) is 48.5 Å². The SMILES string of the molecule is CC.CC(=O)c1ccc(Oc2ccc(C(C)=O)cc2)cc1. The highest BCUT2D eigenvalue weighted by Gasteiger charge is 2.02. The molecule has 0 amide bonds. The molecule has 0 saturated heterocycles. The van der Waals surface area contributed by atoms with E-state index in [9.17, 15) is 9.59 Å². The van der Waals surface area contributed by atoms with Gasteiger partial charge in [-0.2, -0.15) is 0 Å². The van der Waals surface area contributed by atoms with Crippen molar-refractivity contribution >= 4 is 11.6 Å². The van der Waals surface area contributed by atoms with Gasteiger partial charge in [-0.3, -0.25) is 9.59 Å². The van der Waals surface area contributed by atoms with Crippen LogP contribution >= 0.6 is 0 Å². The Kier molecular flexibility index (Phi) is 6.34. The molecule has 0 heterocycles. The summed E-state index contributed by atoms with van der Waals surface area (Å²) in [6, 6.07) is 13.9. The summed E-state index contributed by atoms with van der Waals surface area (Å²) in [6.07, 6.45) is 0. The van der Waals surface area contributed by atoms with Crippen LogP contribution in [-0.4, -0.2) is 11.6 Å². The molecule has 0 aromatic heterocycles. The van der Waals surface area contributed by atoms with Crippen molar-refractivity contribution in [2.45, 2.75) is 27.7 Å². The molecule has 0 aliphatic rings. The van der Waals surface area contributed by atoms with E-state index in [2.05, 4.69) is 0 Å². The molecule has 110 valence electrons. The van der Waals surface area contributed by atoms with Crippen molar-refractivity contribution < 1.29 is 14.3 Å². The number of carbonyl (C=O) groups excluding carboxylic acids is 2. The van der Waals surface area contributed by atoms with E-state index in [1.54, 1.807) is 48.5 Å². The first-order valence-corrected chi connectivity index (χ1v) is 6.96. The van der Waals surface area contributed by atoms with Crippen molar-refractivity contribution in [1.82, 2.24) is 0 Å². The summed E-state index contributed by atoms with van der Waals surface area (Å²) in [5.74, 6) is 1.36. The van der Waals surface area contributed by atoms with Crippen LogP contribution < -0.4 is 4.74 Å². The summed E-state index contributed by atoms with van der Waals surface area (Å²) in [7, 11) is 0. The van der Waals surface area contributed by atoms with Gasteiger partial charge in [-0.15, -0.1) is 0 Å². The van der Waals surface area contributed by atoms with E-state index in [1.807, 2.05) is 13.8 Å². The fourth-order valence-electron chi connectivity index (χ4n) is 1.65. The number of Topliss-reactive ketones (excluding diaryl/α,β-unsaturated/α-hetero) is 2. The topological polar surface area (TPSA) is 43.4 Å². The maximum Gasteiger partial charge on any atom is 0.159 e. The van der Waals surface area contributed by atoms with Gasteiger partial charge in [-0.05, 0) is 62.4 Å². The van der Waals surface area contributed by atoms with Gasteiger partial charge in [0.05, 0.1) is 0 Å². The maximum absolute atomic E-state index is 11.1. The van der Waals surface area contributed by atoms with Crippen molar-refractivity contribution in [3.05, 3.63) is 59.7 Å². The van der Waals surface area contributed by atoms with Crippen molar-refractivity contribution in [3.8, 4) is 11.5 Å². The fourth-order valence-corrected chi connectivity index (χ4v) is 1.65. The summed E-state index contributed by atoms with van der Waals surface area (Å²) < 4.78 is 5.63. The van der Waals surface area contributed by atoms with Crippen LogP contribution in [0.2, 0.25) is 0 Å². The molecule has 0 aliphatic carbocycles. The Morgan fingerprint density at radius 3 is 1.19 bits per heavy atom. The van der Waals surface area contributed by atoms with E-state index >= 15 is 0 Å². The normalized spacial score (nSPS) is 9.33. The van der Waals surface area contributed by atoms with Gasteiger partial charge >= 0.3 is 0 Å². The molecule has 3 nitrogen and oxygen atoms in total. The van der Waals surface area contributed by atoms with E-state index in [-0.39, 0.29) is 11.6 Å². The Bertz CT molecular complexity index is 540. The van der Waals surface area contributed by atoms with Gasteiger partial charge in [0.25, 0.3) is 0 Å². The highest BCUT2D eigenvalue weighted by Crippen LogP contribution is 2.22. The van der Waals surface area contributed by atoms with Crippen molar-refractivity contribution in [3.63, 3.8) is 0 Å². The van der Waals surface area contributed by atoms with Gasteiger partial charge < -0.3 is 4.74 Å². The lowest BCUT2D eigenvalue weighted by molar-refractivity contribution is 0.100. The van der Waals surface area contributed by atoms with Gasteiger partial charge in [-0.1, -0.05) is 13.8 Å². The lowest BCUT2D eigenvalue weighted by atomic mass is 10.1. The van der Waals surface area contributed by atoms with Crippen LogP contribution in [0, 0.1) is 0 Å². The quantitative estimate of drug-likeness (QED) is 0.749. The van der Waals surface area contributed by atoms with Gasteiger partial charge in [0.15, 0.2) is 11.6 Å². The van der Waals surface area contributed by atoms with Crippen molar-refractivity contribution in [2.75, 3.05) is 0 Å². The standard InChI is InChI=1S/C16H14O3.C2H6/c1-11(17)13-3-7-15(8-4-13)19-16-9-5-14(6-10-16)12(2)18;1-2/h3-10H,1-2H3;1-2H3. The Morgan fingerprint density at radius 2 is 0.952 bits per heavy atom. The Hall–Kier alpha value is -2.42. The summed E-state index contributed by atoms with van der Waals surface area (Å²) in [4.78, 5) is 22.3. The number of rotatable bonds is 4. The first kappa shape index (κ1) is 16.6. The zero-order valence-electron chi connectivity index (χ0n) is 12.8. The molecule has 2 rings (SSSR count). The highest BCUT2D eigenvalue weighted by atomic mass is 16.5. The number of ketones is 2. The number of benzene rings is 2. The molecule has 0 spiro atoms. The predicted octanol–water partition coefficient (Wildman–Crippen LogP) is 4.91. The van der Waals surface area contributed by atoms with Crippen LogP contribution in [0.5, 0.6) is 11.5 Å². The van der Waals surface area contributed by atoms with Gasteiger partial charge in [0, 0.05) is 11.1 Å². The fraction of sp³-hybridized carbons (Fsp3) is 0.222. The maximum atomic E-state index is 11.1. The minimum absolute atomic E-state index is 0.0253. The zero-order chi connectivity index (χ0) is 15.8. The third kappa shape index (κ3) is 4.88. The molecule has 0 bridgehead atoms. The van der Waals surface area contributed by atoms with E-state index in [1.165, 1.54) is 13.8 Å². The predicted molar refractivity (Wildman–Crippen MR) is 84.3 cm³/mol. The Labute approximate surface area is 125 Å². The van der Waals surface area contributed by atoms with Gasteiger partial charge in [0.2, 0.25) is 0 Å². The van der Waals surface area contributed by atoms with Gasteiger partial charge in [0.1, 0.15) is 11.5 Å². The summed E-state index contributed by atoms with van der Waals surface area (Å²) in [5, 5.41) is 0. The molecule has 0 fully saturated rings. The minimum atomic E-state index is 0.0253. The Morgan fingerprint density at radius 1 is 0.667 bits per heavy atom. The molecule has 0 radical (unpaired) electrons. The summed E-state index contributed by atoms with van der Waals surface area (Å²) >= 11 is 0. The summed E-state index contributed by atoms with van der Waals surface area (Å²) in [6.45, 7) is 7.05. The molecular formula is C18H20O3. The molecule has 0 saturated carbocycles. The molecular weight excluding hydrogens is 264 g/mol. The van der Waals surface area contributed by atoms with E-state index in [0.717, 1.165) is 0 Å². The van der Waals surface area contributed by atoms with Crippen LogP contribution in [0.3, 0.4) is 0 Å². The average Bonchev–Trinajstić information content (AvgIpc) is 2.50. The second-order valence-electron chi connectivity index (χ2n) is 4.26. The summed E-state index contributed by atoms with van der Waals surface area (Å²) in [5.41, 5.74) is 1.30. The van der Waals surface area contributed by atoms with Crippen LogP contribution in [0.4, 0.5) is 0 Å². The number of ether oxygens (including phenoxy) is 1. The zero-order valence-corrected chi connectivity index (χ0v) is 12.8. The highest BCUT2D eigenvalue weighted by molar-refractivity contribution is 5.94. The van der Waals surface area contributed by atoms with Crippen LogP contribution in [0.25, 0.3) is 0 Å². The van der Waals surface area contributed by atoms with Crippen molar-refractivity contribution in [2.24, 2.45) is 0 Å². The first-order valence-electron chi connectivity index (χ1n) is 6.96. The number of carbonyl (C=O) groups is 2. The second kappa shape index (κ2) is 8.00.